The zero-order chi connectivity index (χ0) is 14.3. The minimum absolute atomic E-state index is 0.372. The normalized spacial score (nSPS) is 23.5. The van der Waals surface area contributed by atoms with Gasteiger partial charge in [0.05, 0.1) is 5.69 Å². The molecule has 106 valence electrons. The summed E-state index contributed by atoms with van der Waals surface area (Å²) in [5.41, 5.74) is 0.144. The molecule has 0 radical (unpaired) electrons. The molecule has 1 aromatic carbocycles. The average Bonchev–Trinajstić information content (AvgIpc) is 2.46. The van der Waals surface area contributed by atoms with Crippen molar-refractivity contribution < 1.29 is 9.05 Å². The van der Waals surface area contributed by atoms with Gasteiger partial charge in [-0.1, -0.05) is 18.2 Å². The van der Waals surface area contributed by atoms with E-state index >= 15 is 0 Å². The zero-order valence-electron chi connectivity index (χ0n) is 12.5. The van der Waals surface area contributed by atoms with Gasteiger partial charge in [-0.15, -0.1) is 0 Å². The van der Waals surface area contributed by atoms with Gasteiger partial charge in [-0.3, -0.25) is 0 Å². The van der Waals surface area contributed by atoms with Crippen LogP contribution in [0.4, 0.5) is 5.69 Å². The van der Waals surface area contributed by atoms with Crippen molar-refractivity contribution in [3.63, 3.8) is 0 Å². The third-order valence-electron chi connectivity index (χ3n) is 3.65. The first-order chi connectivity index (χ1) is 8.69. The Morgan fingerprint density at radius 1 is 0.947 bits per heavy atom. The largest absolute Gasteiger partial charge is 0.303 e. The van der Waals surface area contributed by atoms with Gasteiger partial charge in [-0.25, -0.2) is 9.42 Å². The van der Waals surface area contributed by atoms with Crippen LogP contribution in [0.15, 0.2) is 35.1 Å². The van der Waals surface area contributed by atoms with Crippen molar-refractivity contribution in [1.29, 1.82) is 0 Å². The zero-order valence-corrected chi connectivity index (χ0v) is 13.4. The molecule has 0 bridgehead atoms. The van der Waals surface area contributed by atoms with E-state index in [0.717, 1.165) is 5.69 Å². The highest BCUT2D eigenvalue weighted by Gasteiger charge is 2.55. The summed E-state index contributed by atoms with van der Waals surface area (Å²) in [6, 6.07) is 9.85. The van der Waals surface area contributed by atoms with Crippen molar-refractivity contribution in [2.75, 3.05) is 14.1 Å². The van der Waals surface area contributed by atoms with E-state index in [1.807, 2.05) is 49.1 Å². The molecular weight excluding hydrogens is 259 g/mol. The van der Waals surface area contributed by atoms with Crippen LogP contribution >= 0.6 is 7.66 Å². The van der Waals surface area contributed by atoms with E-state index in [-0.39, 0.29) is 11.2 Å². The Bertz CT molecular complexity index is 489. The molecule has 1 aliphatic heterocycles. The molecular formula is C14H23N2O2P. The molecule has 1 aromatic rings. The molecule has 1 fully saturated rings. The lowest BCUT2D eigenvalue weighted by molar-refractivity contribution is 0.00578. The van der Waals surface area contributed by atoms with Gasteiger partial charge in [-0.2, -0.15) is 0 Å². The van der Waals surface area contributed by atoms with Crippen LogP contribution in [-0.2, 0) is 9.05 Å². The third kappa shape index (κ3) is 2.63. The maximum absolute atomic E-state index is 6.27. The van der Waals surface area contributed by atoms with Crippen molar-refractivity contribution in [2.24, 2.45) is 4.74 Å². The van der Waals surface area contributed by atoms with E-state index in [1.165, 1.54) is 0 Å². The van der Waals surface area contributed by atoms with Gasteiger partial charge in [0.2, 0.25) is 0 Å². The van der Waals surface area contributed by atoms with E-state index in [1.54, 1.807) is 0 Å². The summed E-state index contributed by atoms with van der Waals surface area (Å²) >= 11 is 0. The minimum Gasteiger partial charge on any atom is -0.303 e. The molecule has 4 nitrogen and oxygen atoms in total. The Hall–Kier alpha value is -0.670. The summed E-state index contributed by atoms with van der Waals surface area (Å²) < 4.78 is 19.3. The van der Waals surface area contributed by atoms with Crippen molar-refractivity contribution >= 4 is 13.3 Å². The summed E-state index contributed by atoms with van der Waals surface area (Å²) in [5, 5.41) is 0. The van der Waals surface area contributed by atoms with Gasteiger partial charge in [0, 0.05) is 0 Å². The number of nitrogens with zero attached hydrogens (tertiary/aromatic N) is 2. The lowest BCUT2D eigenvalue weighted by Crippen LogP contribution is -2.41. The maximum atomic E-state index is 6.27. The van der Waals surface area contributed by atoms with Crippen LogP contribution in [0.25, 0.3) is 0 Å². The highest BCUT2D eigenvalue weighted by atomic mass is 31.2. The summed E-state index contributed by atoms with van der Waals surface area (Å²) in [6.45, 7) is 8.22. The van der Waals surface area contributed by atoms with E-state index in [9.17, 15) is 0 Å². The average molecular weight is 282 g/mol. The second kappa shape index (κ2) is 4.71. The molecule has 0 atom stereocenters. The molecule has 1 saturated heterocycles. The minimum atomic E-state index is -2.43. The van der Waals surface area contributed by atoms with E-state index in [0.29, 0.717) is 0 Å². The fourth-order valence-corrected chi connectivity index (χ4v) is 4.45. The second-order valence-corrected chi connectivity index (χ2v) is 8.32. The van der Waals surface area contributed by atoms with Crippen molar-refractivity contribution in [3.05, 3.63) is 30.3 Å². The van der Waals surface area contributed by atoms with Crippen LogP contribution in [0.5, 0.6) is 0 Å². The van der Waals surface area contributed by atoms with Gasteiger partial charge in [-0.05, 0) is 53.9 Å². The first-order valence-corrected chi connectivity index (χ1v) is 7.98. The SMILES string of the molecule is CN(C)P1(=Nc2ccccc2)OC(C)(C)C(C)(C)O1. The molecule has 0 aromatic heterocycles. The Morgan fingerprint density at radius 3 is 1.84 bits per heavy atom. The Balaban J connectivity index is 2.51. The van der Waals surface area contributed by atoms with Crippen LogP contribution < -0.4 is 0 Å². The van der Waals surface area contributed by atoms with E-state index in [4.69, 9.17) is 13.8 Å². The number of rotatable bonds is 2. The number of hydrogen-bond acceptors (Lipinski definition) is 3. The molecule has 0 unspecified atom stereocenters. The highest BCUT2D eigenvalue weighted by Crippen LogP contribution is 2.68. The van der Waals surface area contributed by atoms with Crippen LogP contribution in [0.2, 0.25) is 0 Å². The molecule has 0 N–H and O–H groups in total. The first kappa shape index (κ1) is 14.7. The number of hydrogen-bond donors (Lipinski definition) is 0. The monoisotopic (exact) mass is 282 g/mol. The molecule has 0 saturated carbocycles. The molecule has 0 amide bonds. The van der Waals surface area contributed by atoms with Gasteiger partial charge >= 0.3 is 0 Å². The van der Waals surface area contributed by atoms with Crippen LogP contribution in [0, 0.1) is 0 Å². The van der Waals surface area contributed by atoms with Gasteiger partial charge in [0.1, 0.15) is 11.2 Å². The van der Waals surface area contributed by atoms with Crippen LogP contribution in [0.1, 0.15) is 27.7 Å². The Labute approximate surface area is 116 Å². The summed E-state index contributed by atoms with van der Waals surface area (Å²) in [6.07, 6.45) is 0. The Kier molecular flexibility index (Phi) is 3.65. The fourth-order valence-electron chi connectivity index (χ4n) is 1.77. The lowest BCUT2D eigenvalue weighted by atomic mass is 9.90. The van der Waals surface area contributed by atoms with Crippen LogP contribution in [-0.4, -0.2) is 30.0 Å². The molecule has 5 heteroatoms. The number of benzene rings is 1. The van der Waals surface area contributed by atoms with Gasteiger partial charge < -0.3 is 9.05 Å². The molecule has 1 heterocycles. The quantitative estimate of drug-likeness (QED) is 0.752. The van der Waals surface area contributed by atoms with Gasteiger partial charge in [0.15, 0.2) is 0 Å². The predicted octanol–water partition coefficient (Wildman–Crippen LogP) is 4.43. The predicted molar refractivity (Wildman–Crippen MR) is 79.5 cm³/mol. The summed E-state index contributed by atoms with van der Waals surface area (Å²) in [7, 11) is 1.49. The first-order valence-electron chi connectivity index (χ1n) is 6.45. The van der Waals surface area contributed by atoms with E-state index < -0.39 is 7.66 Å². The molecule has 2 rings (SSSR count). The van der Waals surface area contributed by atoms with Crippen molar-refractivity contribution in [2.45, 2.75) is 38.9 Å². The molecule has 0 aliphatic carbocycles. The van der Waals surface area contributed by atoms with Crippen molar-refractivity contribution in [1.82, 2.24) is 4.67 Å². The Morgan fingerprint density at radius 2 is 1.42 bits per heavy atom. The lowest BCUT2D eigenvalue weighted by Gasteiger charge is -2.29. The summed E-state index contributed by atoms with van der Waals surface area (Å²) in [4.78, 5) is 0. The molecule has 0 spiro atoms. The molecule has 1 aliphatic rings. The van der Waals surface area contributed by atoms with Crippen LogP contribution in [0.3, 0.4) is 0 Å². The summed E-state index contributed by atoms with van der Waals surface area (Å²) in [5.74, 6) is 0. The maximum Gasteiger partial charge on any atom is 0.296 e. The van der Waals surface area contributed by atoms with Gasteiger partial charge in [0.25, 0.3) is 7.66 Å². The topological polar surface area (TPSA) is 34.1 Å². The standard InChI is InChI=1S/C14H23N2O2P/c1-13(2)14(3,4)18-19(17-13,16(5)6)15-12-10-8-7-9-11-12/h7-11H,1-6H3. The third-order valence-corrected chi connectivity index (χ3v) is 6.53. The second-order valence-electron chi connectivity index (χ2n) is 5.98. The van der Waals surface area contributed by atoms with Crippen molar-refractivity contribution in [3.8, 4) is 0 Å². The molecule has 19 heavy (non-hydrogen) atoms. The smallest absolute Gasteiger partial charge is 0.296 e. The van der Waals surface area contributed by atoms with E-state index in [2.05, 4.69) is 27.7 Å². The fraction of sp³-hybridized carbons (Fsp3) is 0.571. The highest BCUT2D eigenvalue weighted by molar-refractivity contribution is 7.54.